The molecule has 0 aliphatic carbocycles. The molecule has 1 aliphatic heterocycles. The lowest BCUT2D eigenvalue weighted by atomic mass is 10.3. The van der Waals surface area contributed by atoms with Crippen LogP contribution in [0.1, 0.15) is 0 Å². The first-order valence-electron chi connectivity index (χ1n) is 5.39. The van der Waals surface area contributed by atoms with E-state index in [0.29, 0.717) is 31.3 Å². The molecular formula is C10H14ClN3O3S. The molecule has 2 rings (SSSR count). The fourth-order valence-electron chi connectivity index (χ4n) is 1.64. The van der Waals surface area contributed by atoms with E-state index in [1.807, 2.05) is 0 Å². The van der Waals surface area contributed by atoms with Gasteiger partial charge < -0.3 is 10.5 Å². The zero-order valence-corrected chi connectivity index (χ0v) is 11.2. The molecule has 1 aromatic rings. The molecule has 0 radical (unpaired) electrons. The monoisotopic (exact) mass is 291 g/mol. The summed E-state index contributed by atoms with van der Waals surface area (Å²) in [6.07, 6.45) is 0. The van der Waals surface area contributed by atoms with Gasteiger partial charge in [-0.25, -0.2) is 13.4 Å². The van der Waals surface area contributed by atoms with Gasteiger partial charge in [-0.3, -0.25) is 0 Å². The number of sulfonamides is 1. The molecule has 18 heavy (non-hydrogen) atoms. The lowest BCUT2D eigenvalue weighted by Crippen LogP contribution is -2.48. The van der Waals surface area contributed by atoms with Gasteiger partial charge in [-0.1, -0.05) is 11.6 Å². The number of hydrogen-bond acceptors (Lipinski definition) is 5. The van der Waals surface area contributed by atoms with Crippen molar-refractivity contribution in [3.05, 3.63) is 23.2 Å². The summed E-state index contributed by atoms with van der Waals surface area (Å²) in [6.45, 7) is 2.01. The molecule has 0 spiro atoms. The van der Waals surface area contributed by atoms with E-state index in [-0.39, 0.29) is 10.6 Å². The normalized spacial score (nSPS) is 17.8. The highest BCUT2D eigenvalue weighted by atomic mass is 35.5. The van der Waals surface area contributed by atoms with E-state index in [9.17, 15) is 8.42 Å². The van der Waals surface area contributed by atoms with Crippen molar-refractivity contribution in [3.8, 4) is 0 Å². The van der Waals surface area contributed by atoms with Gasteiger partial charge in [0.05, 0.1) is 18.9 Å². The molecule has 8 heteroatoms. The Hall–Kier alpha value is -0.860. The number of anilines is 1. The summed E-state index contributed by atoms with van der Waals surface area (Å²) in [5.74, 6) is 0. The van der Waals surface area contributed by atoms with Gasteiger partial charge in [0.25, 0.3) is 10.0 Å². The van der Waals surface area contributed by atoms with Gasteiger partial charge in [0.1, 0.15) is 4.90 Å². The average Bonchev–Trinajstić information content (AvgIpc) is 2.29. The van der Waals surface area contributed by atoms with Gasteiger partial charge in [-0.05, 0) is 18.2 Å². The smallest absolute Gasteiger partial charge is 0.255 e. The maximum Gasteiger partial charge on any atom is 0.255 e. The number of nitrogen functional groups attached to an aromatic ring is 1. The summed E-state index contributed by atoms with van der Waals surface area (Å²) in [7, 11) is -3.67. The Morgan fingerprint density at radius 3 is 2.61 bits per heavy atom. The number of nitrogens with zero attached hydrogens (tertiary/aromatic N) is 1. The summed E-state index contributed by atoms with van der Waals surface area (Å²) in [4.78, 5) is 2.50. The number of halogens is 1. The third kappa shape index (κ3) is 3.12. The second-order valence-electron chi connectivity index (χ2n) is 3.88. The molecule has 6 nitrogen and oxygen atoms in total. The number of morpholine rings is 1. The van der Waals surface area contributed by atoms with E-state index in [1.165, 1.54) is 18.2 Å². The van der Waals surface area contributed by atoms with Crippen molar-refractivity contribution in [2.75, 3.05) is 32.0 Å². The summed E-state index contributed by atoms with van der Waals surface area (Å²) < 4.78 is 29.4. The SMILES string of the molecule is Nc1cc(Cl)ccc1S(=O)(=O)NN1CCOCC1. The highest BCUT2D eigenvalue weighted by Crippen LogP contribution is 2.22. The summed E-state index contributed by atoms with van der Waals surface area (Å²) >= 11 is 5.74. The molecule has 0 atom stereocenters. The molecule has 1 aliphatic rings. The Balaban J connectivity index is 2.19. The molecule has 100 valence electrons. The van der Waals surface area contributed by atoms with Crippen LogP contribution in [-0.4, -0.2) is 39.7 Å². The number of hydrazine groups is 1. The molecule has 0 saturated carbocycles. The largest absolute Gasteiger partial charge is 0.398 e. The minimum Gasteiger partial charge on any atom is -0.398 e. The van der Waals surface area contributed by atoms with E-state index >= 15 is 0 Å². The van der Waals surface area contributed by atoms with Crippen LogP contribution >= 0.6 is 11.6 Å². The first-order chi connectivity index (χ1) is 8.49. The van der Waals surface area contributed by atoms with E-state index in [0.717, 1.165) is 0 Å². The molecule has 0 unspecified atom stereocenters. The van der Waals surface area contributed by atoms with Crippen LogP contribution in [0.25, 0.3) is 0 Å². The Morgan fingerprint density at radius 1 is 1.33 bits per heavy atom. The van der Waals surface area contributed by atoms with Crippen LogP contribution in [0.5, 0.6) is 0 Å². The summed E-state index contributed by atoms with van der Waals surface area (Å²) in [5.41, 5.74) is 5.79. The average molecular weight is 292 g/mol. The van der Waals surface area contributed by atoms with Crippen LogP contribution in [0, 0.1) is 0 Å². The van der Waals surface area contributed by atoms with E-state index in [2.05, 4.69) is 4.83 Å². The number of nitrogens with one attached hydrogen (secondary N) is 1. The van der Waals surface area contributed by atoms with Crippen molar-refractivity contribution in [1.82, 2.24) is 9.84 Å². The minimum absolute atomic E-state index is 0.0263. The molecule has 0 aromatic heterocycles. The van der Waals surface area contributed by atoms with Crippen molar-refractivity contribution in [2.45, 2.75) is 4.90 Å². The molecular weight excluding hydrogens is 278 g/mol. The van der Waals surface area contributed by atoms with Crippen LogP contribution in [-0.2, 0) is 14.8 Å². The van der Waals surface area contributed by atoms with Gasteiger partial charge in [0, 0.05) is 18.1 Å². The Labute approximate surface area is 111 Å². The number of ether oxygens (including phenoxy) is 1. The van der Waals surface area contributed by atoms with Crippen LogP contribution < -0.4 is 10.6 Å². The maximum atomic E-state index is 12.1. The highest BCUT2D eigenvalue weighted by Gasteiger charge is 2.22. The molecule has 1 aromatic carbocycles. The van der Waals surface area contributed by atoms with Crippen LogP contribution in [0.4, 0.5) is 5.69 Å². The zero-order chi connectivity index (χ0) is 13.2. The van der Waals surface area contributed by atoms with Crippen molar-refractivity contribution in [2.24, 2.45) is 0 Å². The van der Waals surface area contributed by atoms with Gasteiger partial charge in [-0.15, -0.1) is 4.83 Å². The molecule has 1 fully saturated rings. The predicted octanol–water partition coefficient (Wildman–Crippen LogP) is 0.448. The summed E-state index contributed by atoms with van der Waals surface area (Å²) in [6, 6.07) is 4.29. The lowest BCUT2D eigenvalue weighted by Gasteiger charge is -2.26. The minimum atomic E-state index is -3.67. The van der Waals surface area contributed by atoms with E-state index in [1.54, 1.807) is 5.01 Å². The molecule has 0 bridgehead atoms. The van der Waals surface area contributed by atoms with Gasteiger partial charge in [-0.2, -0.15) is 0 Å². The number of nitrogens with two attached hydrogens (primary N) is 1. The third-order valence-electron chi connectivity index (χ3n) is 2.52. The lowest BCUT2D eigenvalue weighted by molar-refractivity contribution is 0.0272. The van der Waals surface area contributed by atoms with Crippen LogP contribution in [0.2, 0.25) is 5.02 Å². The van der Waals surface area contributed by atoms with Crippen LogP contribution in [0.15, 0.2) is 23.1 Å². The molecule has 0 amide bonds. The van der Waals surface area contributed by atoms with Gasteiger partial charge in [0.15, 0.2) is 0 Å². The van der Waals surface area contributed by atoms with Gasteiger partial charge >= 0.3 is 0 Å². The van der Waals surface area contributed by atoms with E-state index < -0.39 is 10.0 Å². The highest BCUT2D eigenvalue weighted by molar-refractivity contribution is 7.89. The van der Waals surface area contributed by atoms with Crippen molar-refractivity contribution < 1.29 is 13.2 Å². The predicted molar refractivity (Wildman–Crippen MR) is 68.6 cm³/mol. The fourth-order valence-corrected chi connectivity index (χ4v) is 3.06. The first-order valence-corrected chi connectivity index (χ1v) is 7.25. The fraction of sp³-hybridized carbons (Fsp3) is 0.400. The second kappa shape index (κ2) is 5.41. The molecule has 1 heterocycles. The van der Waals surface area contributed by atoms with Crippen molar-refractivity contribution >= 4 is 27.3 Å². The van der Waals surface area contributed by atoms with Crippen molar-refractivity contribution in [3.63, 3.8) is 0 Å². The number of hydrogen-bond donors (Lipinski definition) is 2. The maximum absolute atomic E-state index is 12.1. The second-order valence-corrected chi connectivity index (χ2v) is 5.94. The number of benzene rings is 1. The first kappa shape index (κ1) is 13.6. The molecule has 3 N–H and O–H groups in total. The summed E-state index contributed by atoms with van der Waals surface area (Å²) in [5, 5.41) is 1.99. The van der Waals surface area contributed by atoms with Crippen molar-refractivity contribution in [1.29, 1.82) is 0 Å². The number of rotatable bonds is 3. The third-order valence-corrected chi connectivity index (χ3v) is 4.21. The Bertz CT molecular complexity index is 529. The zero-order valence-electron chi connectivity index (χ0n) is 9.60. The van der Waals surface area contributed by atoms with E-state index in [4.69, 9.17) is 22.1 Å². The van der Waals surface area contributed by atoms with Crippen LogP contribution in [0.3, 0.4) is 0 Å². The quantitative estimate of drug-likeness (QED) is 0.790. The Kier molecular flexibility index (Phi) is 4.08. The standard InChI is InChI=1S/C10H14ClN3O3S/c11-8-1-2-10(9(12)7-8)18(15,16)13-14-3-5-17-6-4-14/h1-2,7,13H,3-6,12H2. The van der Waals surface area contributed by atoms with Gasteiger partial charge in [0.2, 0.25) is 0 Å². The molecule has 1 saturated heterocycles. The Morgan fingerprint density at radius 2 is 2.00 bits per heavy atom. The topological polar surface area (TPSA) is 84.7 Å².